The van der Waals surface area contributed by atoms with Gasteiger partial charge in [-0.2, -0.15) is 5.10 Å². The number of fused-ring (bicyclic) bond motifs is 1. The SMILES string of the molecule is COc1cccc([C@@H]2S[C@H](C)C(=O)Nc3c2c(C)nn3-c2ccc(C)cc2)c1OC. The Morgan fingerprint density at radius 1 is 1.07 bits per heavy atom. The summed E-state index contributed by atoms with van der Waals surface area (Å²) < 4.78 is 13.0. The molecule has 1 aliphatic heterocycles. The molecule has 0 radical (unpaired) electrons. The number of benzene rings is 2. The monoisotopic (exact) mass is 423 g/mol. The van der Waals surface area contributed by atoms with Crippen LogP contribution in [0.25, 0.3) is 5.69 Å². The number of aromatic nitrogens is 2. The summed E-state index contributed by atoms with van der Waals surface area (Å²) in [5.41, 5.74) is 4.87. The highest BCUT2D eigenvalue weighted by Crippen LogP contribution is 2.50. The van der Waals surface area contributed by atoms with Crippen molar-refractivity contribution in [1.29, 1.82) is 0 Å². The fraction of sp³-hybridized carbons (Fsp3) is 0.304. The molecule has 2 heterocycles. The number of methoxy groups -OCH3 is 2. The number of aryl methyl sites for hydroxylation is 2. The Labute approximate surface area is 180 Å². The van der Waals surface area contributed by atoms with Gasteiger partial charge in [0.15, 0.2) is 11.5 Å². The van der Waals surface area contributed by atoms with E-state index in [0.717, 1.165) is 22.5 Å². The first kappa shape index (κ1) is 20.3. The molecule has 0 fully saturated rings. The van der Waals surface area contributed by atoms with Gasteiger partial charge in [-0.05, 0) is 39.0 Å². The molecule has 1 aromatic heterocycles. The molecule has 0 spiro atoms. The highest BCUT2D eigenvalue weighted by molar-refractivity contribution is 8.01. The second kappa shape index (κ2) is 8.07. The molecule has 2 atom stereocenters. The Hall–Kier alpha value is -2.93. The first-order valence-corrected chi connectivity index (χ1v) is 10.7. The number of hydrogen-bond acceptors (Lipinski definition) is 5. The standard InChI is InChI=1S/C23H25N3O3S/c1-13-9-11-16(12-10-13)26-22-19(14(2)25-26)21(30-15(3)23(27)24-22)17-7-6-8-18(28-4)20(17)29-5/h6-12,15,21H,1-5H3,(H,24,27)/t15-,21+/m1/s1. The number of carbonyl (C=O) groups is 1. The van der Waals surface area contributed by atoms with E-state index in [-0.39, 0.29) is 16.4 Å². The van der Waals surface area contributed by atoms with Crippen LogP contribution in [0.1, 0.15) is 34.6 Å². The zero-order valence-corrected chi connectivity index (χ0v) is 18.5. The molecule has 1 aliphatic rings. The van der Waals surface area contributed by atoms with E-state index >= 15 is 0 Å². The normalized spacial score (nSPS) is 18.4. The molecular formula is C23H25N3O3S. The van der Waals surface area contributed by atoms with Gasteiger partial charge in [-0.25, -0.2) is 4.68 Å². The van der Waals surface area contributed by atoms with Crippen molar-refractivity contribution in [3.8, 4) is 17.2 Å². The summed E-state index contributed by atoms with van der Waals surface area (Å²) in [6.07, 6.45) is 0. The number of anilines is 1. The summed E-state index contributed by atoms with van der Waals surface area (Å²) in [5.74, 6) is 2.00. The lowest BCUT2D eigenvalue weighted by molar-refractivity contribution is -0.115. The zero-order valence-electron chi connectivity index (χ0n) is 17.7. The fourth-order valence-corrected chi connectivity index (χ4v) is 5.09. The largest absolute Gasteiger partial charge is 0.493 e. The van der Waals surface area contributed by atoms with Crippen molar-refractivity contribution in [3.05, 3.63) is 64.8 Å². The summed E-state index contributed by atoms with van der Waals surface area (Å²) in [6.45, 7) is 5.94. The second-order valence-electron chi connectivity index (χ2n) is 7.33. The van der Waals surface area contributed by atoms with Crippen LogP contribution in [0.5, 0.6) is 11.5 Å². The van der Waals surface area contributed by atoms with Crippen LogP contribution in [-0.2, 0) is 4.79 Å². The van der Waals surface area contributed by atoms with Crippen molar-refractivity contribution in [2.24, 2.45) is 0 Å². The number of nitrogens with one attached hydrogen (secondary N) is 1. The van der Waals surface area contributed by atoms with Crippen LogP contribution in [0.3, 0.4) is 0 Å². The van der Waals surface area contributed by atoms with Crippen LogP contribution in [-0.4, -0.2) is 35.2 Å². The summed E-state index contributed by atoms with van der Waals surface area (Å²) >= 11 is 1.58. The van der Waals surface area contributed by atoms with Gasteiger partial charge in [-0.15, -0.1) is 11.8 Å². The Morgan fingerprint density at radius 2 is 1.80 bits per heavy atom. The number of thioether (sulfide) groups is 1. The molecule has 0 saturated heterocycles. The van der Waals surface area contributed by atoms with Crippen molar-refractivity contribution in [3.63, 3.8) is 0 Å². The maximum absolute atomic E-state index is 12.8. The zero-order chi connectivity index (χ0) is 21.4. The molecule has 6 nitrogen and oxygen atoms in total. The van der Waals surface area contributed by atoms with Gasteiger partial charge in [0.25, 0.3) is 0 Å². The van der Waals surface area contributed by atoms with Crippen LogP contribution in [0.4, 0.5) is 5.82 Å². The van der Waals surface area contributed by atoms with Crippen LogP contribution >= 0.6 is 11.8 Å². The van der Waals surface area contributed by atoms with Gasteiger partial charge < -0.3 is 14.8 Å². The van der Waals surface area contributed by atoms with Gasteiger partial charge in [0.05, 0.1) is 36.1 Å². The number of hydrogen-bond donors (Lipinski definition) is 1. The van der Waals surface area contributed by atoms with Crippen molar-refractivity contribution < 1.29 is 14.3 Å². The Bertz CT molecular complexity index is 1090. The van der Waals surface area contributed by atoms with Crippen molar-refractivity contribution in [2.75, 3.05) is 19.5 Å². The first-order valence-electron chi connectivity index (χ1n) is 9.78. The lowest BCUT2D eigenvalue weighted by atomic mass is 10.0. The summed E-state index contributed by atoms with van der Waals surface area (Å²) in [4.78, 5) is 12.8. The molecule has 2 aromatic carbocycles. The van der Waals surface area contributed by atoms with E-state index < -0.39 is 0 Å². The second-order valence-corrected chi connectivity index (χ2v) is 8.78. The Balaban J connectivity index is 1.94. The Kier molecular flexibility index (Phi) is 5.47. The van der Waals surface area contributed by atoms with Crippen LogP contribution < -0.4 is 14.8 Å². The minimum atomic E-state index is -0.246. The maximum Gasteiger partial charge on any atom is 0.238 e. The van der Waals surface area contributed by atoms with Gasteiger partial charge in [0, 0.05) is 11.1 Å². The van der Waals surface area contributed by atoms with Gasteiger partial charge in [-0.1, -0.05) is 29.8 Å². The van der Waals surface area contributed by atoms with E-state index in [2.05, 4.69) is 5.32 Å². The Morgan fingerprint density at radius 3 is 2.47 bits per heavy atom. The molecule has 156 valence electrons. The van der Waals surface area contributed by atoms with E-state index in [1.54, 1.807) is 26.0 Å². The van der Waals surface area contributed by atoms with E-state index in [9.17, 15) is 4.79 Å². The molecule has 0 bridgehead atoms. The van der Waals surface area contributed by atoms with E-state index in [0.29, 0.717) is 17.3 Å². The minimum absolute atomic E-state index is 0.0427. The van der Waals surface area contributed by atoms with E-state index in [4.69, 9.17) is 14.6 Å². The lowest BCUT2D eigenvalue weighted by Crippen LogP contribution is -2.22. The van der Waals surface area contributed by atoms with Gasteiger partial charge in [-0.3, -0.25) is 4.79 Å². The minimum Gasteiger partial charge on any atom is -0.493 e. The number of carbonyl (C=O) groups excluding carboxylic acids is 1. The highest BCUT2D eigenvalue weighted by Gasteiger charge is 2.35. The van der Waals surface area contributed by atoms with Crippen LogP contribution in [0.15, 0.2) is 42.5 Å². The number of rotatable bonds is 4. The van der Waals surface area contributed by atoms with Gasteiger partial charge >= 0.3 is 0 Å². The predicted octanol–water partition coefficient (Wildman–Crippen LogP) is 4.67. The number of amides is 1. The molecule has 0 saturated carbocycles. The number of ether oxygens (including phenoxy) is 2. The maximum atomic E-state index is 12.8. The first-order chi connectivity index (χ1) is 14.4. The third-order valence-electron chi connectivity index (χ3n) is 5.31. The summed E-state index contributed by atoms with van der Waals surface area (Å²) in [5, 5.41) is 7.51. The molecule has 0 aliphatic carbocycles. The highest BCUT2D eigenvalue weighted by atomic mass is 32.2. The smallest absolute Gasteiger partial charge is 0.238 e. The number of nitrogens with zero attached hydrogens (tertiary/aromatic N) is 2. The molecule has 30 heavy (non-hydrogen) atoms. The number of para-hydroxylation sites is 1. The average molecular weight is 424 g/mol. The third kappa shape index (κ3) is 3.43. The van der Waals surface area contributed by atoms with Gasteiger partial charge in [0.1, 0.15) is 5.82 Å². The molecular weight excluding hydrogens is 398 g/mol. The van der Waals surface area contributed by atoms with Crippen LogP contribution in [0.2, 0.25) is 0 Å². The third-order valence-corrected chi connectivity index (χ3v) is 6.70. The molecule has 1 N–H and O–H groups in total. The topological polar surface area (TPSA) is 65.4 Å². The molecule has 3 aromatic rings. The summed E-state index contributed by atoms with van der Waals surface area (Å²) in [6, 6.07) is 13.9. The molecule has 0 unspecified atom stereocenters. The molecule has 1 amide bonds. The van der Waals surface area contributed by atoms with E-state index in [1.807, 2.05) is 67.9 Å². The molecule has 7 heteroatoms. The van der Waals surface area contributed by atoms with Gasteiger partial charge in [0.2, 0.25) is 5.91 Å². The van der Waals surface area contributed by atoms with Crippen molar-refractivity contribution in [2.45, 2.75) is 31.3 Å². The summed E-state index contributed by atoms with van der Waals surface area (Å²) in [7, 11) is 3.26. The van der Waals surface area contributed by atoms with E-state index in [1.165, 1.54) is 5.56 Å². The van der Waals surface area contributed by atoms with Crippen LogP contribution in [0, 0.1) is 13.8 Å². The predicted molar refractivity (Wildman–Crippen MR) is 120 cm³/mol. The fourth-order valence-electron chi connectivity index (χ4n) is 3.75. The van der Waals surface area contributed by atoms with Crippen molar-refractivity contribution >= 4 is 23.5 Å². The van der Waals surface area contributed by atoms with Crippen molar-refractivity contribution in [1.82, 2.24) is 9.78 Å². The average Bonchev–Trinajstić information content (AvgIpc) is 2.99. The lowest BCUT2D eigenvalue weighted by Gasteiger charge is -2.21. The quantitative estimate of drug-likeness (QED) is 0.661. The molecule has 4 rings (SSSR count).